The topological polar surface area (TPSA) is 95.7 Å². The third-order valence-corrected chi connectivity index (χ3v) is 4.97. The molecule has 6 nitrogen and oxygen atoms in total. The number of amides is 2. The zero-order valence-corrected chi connectivity index (χ0v) is 16.3. The maximum atomic E-state index is 12.6. The van der Waals surface area contributed by atoms with Gasteiger partial charge in [0.05, 0.1) is 0 Å². The zero-order valence-electron chi connectivity index (χ0n) is 15.6. The first kappa shape index (κ1) is 20.7. The first-order valence-electron chi connectivity index (χ1n) is 8.88. The number of hydrogen-bond donors (Lipinski definition) is 3. The maximum Gasteiger partial charge on any atom is 0.252 e. The Kier molecular flexibility index (Phi) is 6.66. The number of nitrogens with zero attached hydrogens (tertiary/aromatic N) is 1. The first-order valence-corrected chi connectivity index (χ1v) is 9.26. The highest BCUT2D eigenvalue weighted by Crippen LogP contribution is 2.25. The van der Waals surface area contributed by atoms with E-state index >= 15 is 0 Å². The molecule has 0 aromatic heterocycles. The van der Waals surface area contributed by atoms with Crippen LogP contribution in [0.1, 0.15) is 44.7 Å². The molecule has 1 unspecified atom stereocenters. The minimum Gasteiger partial charge on any atom is -0.383 e. The summed E-state index contributed by atoms with van der Waals surface area (Å²) in [4.78, 5) is 26.7. The van der Waals surface area contributed by atoms with Gasteiger partial charge in [0.15, 0.2) is 0 Å². The number of hydrogen-bond acceptors (Lipinski definition) is 4. The van der Waals surface area contributed by atoms with Gasteiger partial charge in [0, 0.05) is 24.7 Å². The molecule has 1 aromatic carbocycles. The standard InChI is InChI=1S/C19H28ClN3O3/c1-19(2,3)16(24)18(26)23-8-4-5-15(23)17(25)22-11-13-9-14(20)7-6-12(13)10-21/h6-7,9,15-16,24H,4-5,8,10-11,21H2,1-3H3,(H,22,25)/t15-,16?/m0/s1. The lowest BCUT2D eigenvalue weighted by molar-refractivity contribution is -0.149. The molecule has 1 fully saturated rings. The number of aliphatic hydroxyl groups is 1. The summed E-state index contributed by atoms with van der Waals surface area (Å²) in [5.74, 6) is -0.611. The molecule has 0 spiro atoms. The van der Waals surface area contributed by atoms with Gasteiger partial charge < -0.3 is 21.1 Å². The average molecular weight is 382 g/mol. The van der Waals surface area contributed by atoms with E-state index in [0.717, 1.165) is 17.5 Å². The van der Waals surface area contributed by atoms with E-state index in [2.05, 4.69) is 5.32 Å². The fourth-order valence-corrected chi connectivity index (χ4v) is 3.28. The lowest BCUT2D eigenvalue weighted by Crippen LogP contribution is -2.51. The van der Waals surface area contributed by atoms with Crippen molar-refractivity contribution < 1.29 is 14.7 Å². The molecule has 7 heteroatoms. The van der Waals surface area contributed by atoms with Gasteiger partial charge in [0.25, 0.3) is 5.91 Å². The van der Waals surface area contributed by atoms with Gasteiger partial charge in [-0.2, -0.15) is 0 Å². The quantitative estimate of drug-likeness (QED) is 0.724. The number of carbonyl (C=O) groups is 2. The van der Waals surface area contributed by atoms with Crippen LogP contribution in [0.2, 0.25) is 5.02 Å². The smallest absolute Gasteiger partial charge is 0.252 e. The van der Waals surface area contributed by atoms with Crippen LogP contribution in [0.3, 0.4) is 0 Å². The highest BCUT2D eigenvalue weighted by Gasteiger charge is 2.40. The number of nitrogens with one attached hydrogen (secondary N) is 1. The summed E-state index contributed by atoms with van der Waals surface area (Å²) < 4.78 is 0. The Morgan fingerprint density at radius 2 is 2.08 bits per heavy atom. The molecule has 1 saturated heterocycles. The summed E-state index contributed by atoms with van der Waals surface area (Å²) in [7, 11) is 0. The lowest BCUT2D eigenvalue weighted by atomic mass is 9.88. The third-order valence-electron chi connectivity index (χ3n) is 4.73. The monoisotopic (exact) mass is 381 g/mol. The second-order valence-corrected chi connectivity index (χ2v) is 8.23. The summed E-state index contributed by atoms with van der Waals surface area (Å²) in [5.41, 5.74) is 6.93. The molecule has 1 aliphatic rings. The molecule has 2 atom stereocenters. The summed E-state index contributed by atoms with van der Waals surface area (Å²) in [6, 6.07) is 4.83. The van der Waals surface area contributed by atoms with Crippen LogP contribution in [0.5, 0.6) is 0 Å². The van der Waals surface area contributed by atoms with Crippen molar-refractivity contribution in [1.29, 1.82) is 0 Å². The van der Waals surface area contributed by atoms with Crippen molar-refractivity contribution in [3.8, 4) is 0 Å². The molecule has 1 aliphatic heterocycles. The van der Waals surface area contributed by atoms with E-state index in [1.165, 1.54) is 4.90 Å². The van der Waals surface area contributed by atoms with Crippen LogP contribution in [0.15, 0.2) is 18.2 Å². The summed E-state index contributed by atoms with van der Waals surface area (Å²) in [5, 5.41) is 13.7. The Morgan fingerprint density at radius 3 is 2.69 bits per heavy atom. The minimum absolute atomic E-state index is 0.222. The lowest BCUT2D eigenvalue weighted by Gasteiger charge is -2.31. The van der Waals surface area contributed by atoms with Gasteiger partial charge in [-0.05, 0) is 41.5 Å². The Labute approximate surface area is 159 Å². The highest BCUT2D eigenvalue weighted by molar-refractivity contribution is 6.30. The van der Waals surface area contributed by atoms with E-state index in [4.69, 9.17) is 17.3 Å². The Balaban J connectivity index is 2.05. The number of aliphatic hydroxyl groups excluding tert-OH is 1. The fraction of sp³-hybridized carbons (Fsp3) is 0.579. The van der Waals surface area contributed by atoms with Crippen molar-refractivity contribution in [1.82, 2.24) is 10.2 Å². The molecule has 2 amide bonds. The first-order chi connectivity index (χ1) is 12.1. The average Bonchev–Trinajstić information content (AvgIpc) is 3.07. The molecule has 2 rings (SSSR count). The molecule has 0 saturated carbocycles. The molecule has 26 heavy (non-hydrogen) atoms. The van der Waals surface area contributed by atoms with E-state index in [1.54, 1.807) is 32.9 Å². The minimum atomic E-state index is -1.13. The number of carbonyl (C=O) groups excluding carboxylic acids is 2. The normalized spacial score (nSPS) is 18.7. The van der Waals surface area contributed by atoms with E-state index in [-0.39, 0.29) is 11.8 Å². The number of likely N-dealkylation sites (tertiary alicyclic amines) is 1. The number of benzene rings is 1. The van der Waals surface area contributed by atoms with Crippen molar-refractivity contribution in [3.05, 3.63) is 34.3 Å². The molecule has 0 bridgehead atoms. The Bertz CT molecular complexity index is 672. The Hall–Kier alpha value is -1.63. The van der Waals surface area contributed by atoms with Crippen LogP contribution < -0.4 is 11.1 Å². The van der Waals surface area contributed by atoms with Crippen molar-refractivity contribution in [2.45, 2.75) is 58.8 Å². The molecule has 4 N–H and O–H groups in total. The predicted molar refractivity (Wildman–Crippen MR) is 101 cm³/mol. The van der Waals surface area contributed by atoms with Crippen LogP contribution >= 0.6 is 11.6 Å². The van der Waals surface area contributed by atoms with Gasteiger partial charge >= 0.3 is 0 Å². The summed E-state index contributed by atoms with van der Waals surface area (Å²) >= 11 is 6.02. The van der Waals surface area contributed by atoms with E-state index in [1.807, 2.05) is 6.07 Å². The molecule has 144 valence electrons. The number of rotatable bonds is 5. The van der Waals surface area contributed by atoms with Crippen molar-refractivity contribution in [2.24, 2.45) is 11.1 Å². The van der Waals surface area contributed by atoms with Crippen molar-refractivity contribution in [2.75, 3.05) is 6.54 Å². The fourth-order valence-electron chi connectivity index (χ4n) is 3.09. The maximum absolute atomic E-state index is 12.6. The molecule has 1 aromatic rings. The summed E-state index contributed by atoms with van der Waals surface area (Å²) in [6.07, 6.45) is 0.201. The van der Waals surface area contributed by atoms with Gasteiger partial charge in [-0.25, -0.2) is 0 Å². The van der Waals surface area contributed by atoms with Crippen LogP contribution in [-0.2, 0) is 22.7 Å². The number of nitrogens with two attached hydrogens (primary N) is 1. The molecular formula is C19H28ClN3O3. The highest BCUT2D eigenvalue weighted by atomic mass is 35.5. The van der Waals surface area contributed by atoms with E-state index in [0.29, 0.717) is 31.1 Å². The van der Waals surface area contributed by atoms with Gasteiger partial charge in [-0.3, -0.25) is 9.59 Å². The van der Waals surface area contributed by atoms with Crippen LogP contribution in [0.4, 0.5) is 0 Å². The zero-order chi connectivity index (χ0) is 19.5. The number of halogens is 1. The van der Waals surface area contributed by atoms with Crippen LogP contribution in [-0.4, -0.2) is 40.5 Å². The van der Waals surface area contributed by atoms with E-state index < -0.39 is 17.6 Å². The summed E-state index contributed by atoms with van der Waals surface area (Å²) in [6.45, 7) is 6.53. The molecule has 1 heterocycles. The van der Waals surface area contributed by atoms with Gasteiger partial charge in [0.1, 0.15) is 12.1 Å². The predicted octanol–water partition coefficient (Wildman–Crippen LogP) is 1.81. The molecular weight excluding hydrogens is 354 g/mol. The van der Waals surface area contributed by atoms with Gasteiger partial charge in [-0.1, -0.05) is 38.4 Å². The Morgan fingerprint density at radius 1 is 1.38 bits per heavy atom. The second-order valence-electron chi connectivity index (χ2n) is 7.79. The SMILES string of the molecule is CC(C)(C)C(O)C(=O)N1CCC[C@H]1C(=O)NCc1cc(Cl)ccc1CN. The van der Waals surface area contributed by atoms with Crippen LogP contribution in [0, 0.1) is 5.41 Å². The van der Waals surface area contributed by atoms with Gasteiger partial charge in [-0.15, -0.1) is 0 Å². The van der Waals surface area contributed by atoms with Gasteiger partial charge in [0.2, 0.25) is 5.91 Å². The van der Waals surface area contributed by atoms with Crippen molar-refractivity contribution in [3.63, 3.8) is 0 Å². The second kappa shape index (κ2) is 8.37. The largest absolute Gasteiger partial charge is 0.383 e. The van der Waals surface area contributed by atoms with E-state index in [9.17, 15) is 14.7 Å². The molecule has 0 aliphatic carbocycles. The third kappa shape index (κ3) is 4.75. The molecule has 0 radical (unpaired) electrons. The van der Waals surface area contributed by atoms with Crippen molar-refractivity contribution >= 4 is 23.4 Å². The van der Waals surface area contributed by atoms with Crippen LogP contribution in [0.25, 0.3) is 0 Å².